The predicted molar refractivity (Wildman–Crippen MR) is 92.8 cm³/mol. The van der Waals surface area contributed by atoms with Crippen molar-refractivity contribution in [2.75, 3.05) is 9.36 Å². The van der Waals surface area contributed by atoms with Crippen molar-refractivity contribution >= 4 is 38.2 Å². The Labute approximate surface area is 127 Å². The van der Waals surface area contributed by atoms with Gasteiger partial charge in [-0.15, -0.1) is 0 Å². The number of hydrogen-bond acceptors (Lipinski definition) is 3. The van der Waals surface area contributed by atoms with E-state index in [2.05, 4.69) is 9.67 Å². The van der Waals surface area contributed by atoms with Crippen molar-refractivity contribution in [1.29, 1.82) is 0 Å². The number of alkyl halides is 6. The molecule has 2 rings (SSSR count). The van der Waals surface area contributed by atoms with E-state index in [4.69, 9.17) is 8.94 Å². The molecule has 0 spiro atoms. The van der Waals surface area contributed by atoms with Crippen molar-refractivity contribution in [3.05, 3.63) is 11.8 Å². The summed E-state index contributed by atoms with van der Waals surface area (Å²) in [6, 6.07) is 0. The van der Waals surface area contributed by atoms with Gasteiger partial charge in [0.25, 0.3) is 0 Å². The summed E-state index contributed by atoms with van der Waals surface area (Å²) in [6.45, 7) is 1.98. The average molecular weight is 518 g/mol. The first-order chi connectivity index (χ1) is 9.16. The minimum atomic E-state index is -4.58. The van der Waals surface area contributed by atoms with E-state index in [9.17, 15) is 13.2 Å². The quantitative estimate of drug-likeness (QED) is 0.440. The second kappa shape index (κ2) is 6.27. The fourth-order valence-electron chi connectivity index (χ4n) is 2.17. The molecule has 0 aromatic rings. The fourth-order valence-corrected chi connectivity index (χ4v) is 28.0. The van der Waals surface area contributed by atoms with Crippen LogP contribution in [0, 0.1) is 0 Å². The van der Waals surface area contributed by atoms with E-state index >= 15 is 0 Å². The van der Waals surface area contributed by atoms with Crippen LogP contribution < -0.4 is 5.73 Å². The molecular formula is C12H19F3I2N2O. The van der Waals surface area contributed by atoms with E-state index in [0.29, 0.717) is 6.42 Å². The molecule has 1 aliphatic carbocycles. The topological polar surface area (TPSA) is 47.6 Å². The Morgan fingerprint density at radius 2 is 2.20 bits per heavy atom. The number of nitrogens with zero attached hydrogens (tertiary/aromatic N) is 1. The van der Waals surface area contributed by atoms with Crippen molar-refractivity contribution in [1.82, 2.24) is 0 Å². The Morgan fingerprint density at radius 3 is 2.80 bits per heavy atom. The van der Waals surface area contributed by atoms with Gasteiger partial charge in [0, 0.05) is 0 Å². The van der Waals surface area contributed by atoms with Crippen LogP contribution in [0.15, 0.2) is 15.0 Å². The van der Waals surface area contributed by atoms with Crippen LogP contribution in [0.3, 0.4) is 0 Å². The molecule has 2 atom stereocenters. The van der Waals surface area contributed by atoms with Crippen LogP contribution in [0.5, 0.6) is 0 Å². The Morgan fingerprint density at radius 1 is 1.50 bits per heavy atom. The molecule has 0 saturated carbocycles. The predicted octanol–water partition coefficient (Wildman–Crippen LogP) is 4.23. The summed E-state index contributed by atoms with van der Waals surface area (Å²) in [4.78, 5) is 2.28. The van der Waals surface area contributed by atoms with Crippen LogP contribution in [0.25, 0.3) is 0 Å². The van der Waals surface area contributed by atoms with Crippen molar-refractivity contribution in [3.63, 3.8) is 0 Å². The van der Waals surface area contributed by atoms with Gasteiger partial charge >= 0.3 is 128 Å². The maximum absolute atomic E-state index is 12.3. The molecule has 3 nitrogen and oxygen atoms in total. The number of halogens is 5. The zero-order valence-corrected chi connectivity index (χ0v) is 15.7. The van der Waals surface area contributed by atoms with Crippen LogP contribution in [-0.2, 0) is 4.74 Å². The van der Waals surface area contributed by atoms with Crippen LogP contribution in [-0.4, -0.2) is 31.4 Å². The molecule has 2 N–H and O–H groups in total. The third-order valence-electron chi connectivity index (χ3n) is 2.91. The number of allylic oxidation sites excluding steroid dienone is 2. The fraction of sp³-hybridized carbons (Fsp3) is 0.750. The Bertz CT molecular complexity index is 423. The zero-order chi connectivity index (χ0) is 15.0. The molecule has 20 heavy (non-hydrogen) atoms. The average Bonchev–Trinajstić information content (AvgIpc) is 2.25. The van der Waals surface area contributed by atoms with Crippen LogP contribution >= 0.6 is 32.0 Å². The molecule has 8 heteroatoms. The van der Waals surface area contributed by atoms with E-state index in [-0.39, 0.29) is 15.2 Å². The Hall–Kier alpha value is 0.420. The summed E-state index contributed by atoms with van der Waals surface area (Å²) in [5.41, 5.74) is 5.79. The monoisotopic (exact) mass is 518 g/mol. The third-order valence-corrected chi connectivity index (χ3v) is 27.1. The summed E-state index contributed by atoms with van der Waals surface area (Å²) in [5.74, 6) is 0.0894. The van der Waals surface area contributed by atoms with Crippen LogP contribution in [0.4, 0.5) is 13.2 Å². The number of hydrogen-bond donors (Lipinski definition) is 1. The van der Waals surface area contributed by atoms with Gasteiger partial charge in [-0.1, -0.05) is 0 Å². The van der Waals surface area contributed by atoms with Gasteiger partial charge in [-0.05, 0) is 0 Å². The Kier molecular flexibility index (Phi) is 5.26. The zero-order valence-electron chi connectivity index (χ0n) is 11.4. The van der Waals surface area contributed by atoms with Gasteiger partial charge in [0.15, 0.2) is 0 Å². The van der Waals surface area contributed by atoms with Gasteiger partial charge in [-0.2, -0.15) is 0 Å². The van der Waals surface area contributed by atoms with Crippen molar-refractivity contribution in [3.8, 4) is 0 Å². The van der Waals surface area contributed by atoms with E-state index < -0.39 is 38.3 Å². The van der Waals surface area contributed by atoms with E-state index in [1.165, 1.54) is 0 Å². The molecular weight excluding hydrogens is 499 g/mol. The van der Waals surface area contributed by atoms with Crippen LogP contribution in [0.2, 0.25) is 0 Å². The molecule has 1 aliphatic heterocycles. The molecule has 0 unspecified atom stereocenters. The summed E-state index contributed by atoms with van der Waals surface area (Å²) >= 11 is -2.78. The molecule has 0 aromatic carbocycles. The van der Waals surface area contributed by atoms with E-state index in [0.717, 1.165) is 17.3 Å². The molecule has 1 heterocycles. The minimum absolute atomic E-state index is 0.0894. The second-order valence-corrected chi connectivity index (χ2v) is 27.4. The number of rotatable bonds is 2. The van der Waals surface area contributed by atoms with Gasteiger partial charge in [0.2, 0.25) is 0 Å². The first-order valence-corrected chi connectivity index (χ1v) is 18.4. The van der Waals surface area contributed by atoms with Gasteiger partial charge < -0.3 is 0 Å². The Balaban J connectivity index is 2.11. The van der Waals surface area contributed by atoms with E-state index in [1.54, 1.807) is 6.08 Å². The molecule has 0 amide bonds. The number of ether oxygens (including phenoxy) is 1. The molecule has 2 aliphatic rings. The number of nitrogens with two attached hydrogens (primary N) is 1. The summed E-state index contributed by atoms with van der Waals surface area (Å²) < 4.78 is 47.0. The van der Waals surface area contributed by atoms with Gasteiger partial charge in [-0.3, -0.25) is 0 Å². The van der Waals surface area contributed by atoms with Crippen molar-refractivity contribution in [2.24, 2.45) is 8.94 Å². The molecule has 0 fully saturated rings. The van der Waals surface area contributed by atoms with Gasteiger partial charge in [0.1, 0.15) is 0 Å². The first-order valence-electron chi connectivity index (χ1n) is 6.22. The molecule has 0 aromatic heterocycles. The van der Waals surface area contributed by atoms with Crippen molar-refractivity contribution in [2.45, 2.75) is 42.0 Å². The van der Waals surface area contributed by atoms with Gasteiger partial charge in [-0.25, -0.2) is 0 Å². The molecule has 0 saturated heterocycles. The third kappa shape index (κ3) is 4.72. The van der Waals surface area contributed by atoms with Gasteiger partial charge in [0.05, 0.1) is 0 Å². The van der Waals surface area contributed by atoms with E-state index in [1.807, 2.05) is 13.1 Å². The first kappa shape index (κ1) is 16.8. The summed E-state index contributed by atoms with van der Waals surface area (Å²) in [6.07, 6.45) is 1.09. The summed E-state index contributed by atoms with van der Waals surface area (Å²) in [7, 11) is 0. The van der Waals surface area contributed by atoms with Crippen LogP contribution in [0.1, 0.15) is 26.2 Å². The second-order valence-electron chi connectivity index (χ2n) is 5.21. The van der Waals surface area contributed by atoms with Crippen molar-refractivity contribution < 1.29 is 17.9 Å². The maximum atomic E-state index is 12.3. The standard InChI is InChI=1S/C12H19F3I2N2O/c1-11(18)7-16(2)17(19-8-11)9-4-3-5-10(6-9)20-12(13,14)15/h6,8-9H,3-5,7,18H2,1-2H3/t9-,11+/m0/s1. The molecule has 0 bridgehead atoms. The normalized spacial score (nSPS) is 34.9. The molecule has 0 radical (unpaired) electrons. The summed E-state index contributed by atoms with van der Waals surface area (Å²) in [5, 5.41) is 0. The molecule has 118 valence electrons. The SMILES string of the molecule is CI1C[C@@](C)(N)C=NI1[C@@H]1C=C(OC(F)(F)F)CCC1.